The average Bonchev–Trinajstić information content (AvgIpc) is 2.48. The van der Waals surface area contributed by atoms with Crippen LogP contribution in [0.3, 0.4) is 0 Å². The Hall–Kier alpha value is -1.72. The Morgan fingerprint density at radius 1 is 1.20 bits per heavy atom. The zero-order valence-corrected chi connectivity index (χ0v) is 12.6. The number of para-hydroxylation sites is 1. The Bertz CT molecular complexity index is 847. The quantitative estimate of drug-likeness (QED) is 0.526. The number of benzene rings is 1. The Morgan fingerprint density at radius 3 is 2.75 bits per heavy atom. The van der Waals surface area contributed by atoms with Crippen LogP contribution in [0.4, 0.5) is 0 Å². The van der Waals surface area contributed by atoms with Crippen molar-refractivity contribution in [3.05, 3.63) is 63.9 Å². The number of hydrogen-bond donors (Lipinski definition) is 0. The molecule has 0 aliphatic carbocycles. The molecule has 0 aliphatic rings. The number of aromatic nitrogens is 3. The van der Waals surface area contributed by atoms with Gasteiger partial charge in [-0.3, -0.25) is 9.36 Å². The number of halogens is 2. The average molecular weight is 351 g/mol. The van der Waals surface area contributed by atoms with Crippen LogP contribution >= 0.6 is 27.5 Å². The molecular weight excluding hydrogens is 342 g/mol. The van der Waals surface area contributed by atoms with Crippen molar-refractivity contribution in [2.75, 3.05) is 0 Å². The molecule has 3 rings (SSSR count). The third-order valence-electron chi connectivity index (χ3n) is 2.94. The monoisotopic (exact) mass is 349 g/mol. The molecule has 3 aromatic rings. The maximum absolute atomic E-state index is 12.7. The molecule has 0 unspecified atom stereocenters. The maximum Gasteiger partial charge on any atom is 0.266 e. The van der Waals surface area contributed by atoms with Crippen LogP contribution in [0.1, 0.15) is 5.82 Å². The highest BCUT2D eigenvalue weighted by Crippen LogP contribution is 2.19. The van der Waals surface area contributed by atoms with E-state index in [4.69, 9.17) is 11.6 Å². The molecule has 0 fully saturated rings. The number of pyridine rings is 1. The van der Waals surface area contributed by atoms with Gasteiger partial charge in [0, 0.05) is 6.20 Å². The fourth-order valence-electron chi connectivity index (χ4n) is 2.06. The molecule has 2 heterocycles. The van der Waals surface area contributed by atoms with E-state index in [0.29, 0.717) is 27.7 Å². The zero-order valence-electron chi connectivity index (χ0n) is 10.3. The highest BCUT2D eigenvalue weighted by molar-refractivity contribution is 9.08. The topological polar surface area (TPSA) is 47.8 Å². The van der Waals surface area contributed by atoms with Crippen molar-refractivity contribution >= 4 is 38.4 Å². The molecule has 0 spiro atoms. The van der Waals surface area contributed by atoms with E-state index in [2.05, 4.69) is 25.9 Å². The molecule has 0 saturated carbocycles. The number of rotatable bonds is 2. The zero-order chi connectivity index (χ0) is 14.1. The van der Waals surface area contributed by atoms with E-state index >= 15 is 0 Å². The molecule has 4 nitrogen and oxygen atoms in total. The lowest BCUT2D eigenvalue weighted by Crippen LogP contribution is -2.23. The van der Waals surface area contributed by atoms with E-state index in [-0.39, 0.29) is 10.7 Å². The predicted molar refractivity (Wildman–Crippen MR) is 82.8 cm³/mol. The minimum absolute atomic E-state index is 0.153. The van der Waals surface area contributed by atoms with Gasteiger partial charge < -0.3 is 0 Å². The van der Waals surface area contributed by atoms with Gasteiger partial charge in [-0.25, -0.2) is 9.97 Å². The van der Waals surface area contributed by atoms with Gasteiger partial charge in [0.05, 0.1) is 21.9 Å². The van der Waals surface area contributed by atoms with Gasteiger partial charge >= 0.3 is 0 Å². The van der Waals surface area contributed by atoms with Gasteiger partial charge in [-0.2, -0.15) is 0 Å². The van der Waals surface area contributed by atoms with Crippen molar-refractivity contribution in [1.29, 1.82) is 0 Å². The molecule has 0 amide bonds. The fourth-order valence-corrected chi connectivity index (χ4v) is 2.64. The number of alkyl halides is 1. The van der Waals surface area contributed by atoms with E-state index in [1.807, 2.05) is 18.2 Å². The number of nitrogens with zero attached hydrogens (tertiary/aromatic N) is 3. The van der Waals surface area contributed by atoms with Crippen molar-refractivity contribution in [2.45, 2.75) is 5.33 Å². The first-order valence-electron chi connectivity index (χ1n) is 5.90. The highest BCUT2D eigenvalue weighted by atomic mass is 79.9. The molecule has 0 atom stereocenters. The van der Waals surface area contributed by atoms with Gasteiger partial charge in [-0.1, -0.05) is 39.7 Å². The first-order valence-corrected chi connectivity index (χ1v) is 7.40. The SMILES string of the molecule is O=c1c2ccccc2nc(CBr)n1-c1cccnc1Cl. The first-order chi connectivity index (χ1) is 9.72. The second-order valence-corrected chi connectivity index (χ2v) is 5.05. The summed E-state index contributed by atoms with van der Waals surface area (Å²) in [6.45, 7) is 0. The maximum atomic E-state index is 12.7. The third-order valence-corrected chi connectivity index (χ3v) is 3.74. The van der Waals surface area contributed by atoms with Gasteiger partial charge in [-0.05, 0) is 24.3 Å². The second kappa shape index (κ2) is 5.34. The molecule has 0 N–H and O–H groups in total. The molecule has 1 aromatic carbocycles. The molecular formula is C14H9BrClN3O. The van der Waals surface area contributed by atoms with Crippen LogP contribution in [0, 0.1) is 0 Å². The lowest BCUT2D eigenvalue weighted by molar-refractivity contribution is 0.882. The standard InChI is InChI=1S/C14H9BrClN3O/c15-8-12-18-10-5-2-1-4-9(10)14(20)19(12)11-6-3-7-17-13(11)16/h1-7H,8H2. The normalized spacial score (nSPS) is 10.9. The fraction of sp³-hybridized carbons (Fsp3) is 0.0714. The van der Waals surface area contributed by atoms with E-state index in [9.17, 15) is 4.79 Å². The van der Waals surface area contributed by atoms with Gasteiger partial charge in [0.25, 0.3) is 5.56 Å². The molecule has 20 heavy (non-hydrogen) atoms. The van der Waals surface area contributed by atoms with Crippen LogP contribution in [0.5, 0.6) is 0 Å². The summed E-state index contributed by atoms with van der Waals surface area (Å²) in [4.78, 5) is 21.2. The molecule has 0 saturated heterocycles. The van der Waals surface area contributed by atoms with Crippen LogP contribution in [0.2, 0.25) is 5.15 Å². The second-order valence-electron chi connectivity index (χ2n) is 4.13. The summed E-state index contributed by atoms with van der Waals surface area (Å²) in [6, 6.07) is 10.7. The van der Waals surface area contributed by atoms with Gasteiger partial charge in [0.1, 0.15) is 5.82 Å². The summed E-state index contributed by atoms with van der Waals surface area (Å²) in [5.74, 6) is 0.587. The molecule has 6 heteroatoms. The van der Waals surface area contributed by atoms with Crippen molar-refractivity contribution < 1.29 is 0 Å². The van der Waals surface area contributed by atoms with Crippen molar-refractivity contribution in [3.8, 4) is 5.69 Å². The third kappa shape index (κ3) is 2.13. The van der Waals surface area contributed by atoms with E-state index < -0.39 is 0 Å². The number of fused-ring (bicyclic) bond motifs is 1. The Morgan fingerprint density at radius 2 is 2.00 bits per heavy atom. The van der Waals surface area contributed by atoms with Crippen LogP contribution in [0.15, 0.2) is 47.4 Å². The Kier molecular flexibility index (Phi) is 3.54. The minimum atomic E-state index is -0.153. The largest absolute Gasteiger partial charge is 0.268 e. The first kappa shape index (κ1) is 13.3. The van der Waals surface area contributed by atoms with Crippen molar-refractivity contribution in [1.82, 2.24) is 14.5 Å². The summed E-state index contributed by atoms with van der Waals surface area (Å²) in [7, 11) is 0. The molecule has 0 aliphatic heterocycles. The Labute approximate surface area is 128 Å². The van der Waals surface area contributed by atoms with Gasteiger partial charge in [0.2, 0.25) is 0 Å². The minimum Gasteiger partial charge on any atom is -0.268 e. The summed E-state index contributed by atoms with van der Waals surface area (Å²) in [5, 5.41) is 1.27. The smallest absolute Gasteiger partial charge is 0.266 e. The summed E-state index contributed by atoms with van der Waals surface area (Å²) >= 11 is 9.46. The summed E-state index contributed by atoms with van der Waals surface area (Å²) in [6.07, 6.45) is 1.58. The van der Waals surface area contributed by atoms with Gasteiger partial charge in [-0.15, -0.1) is 0 Å². The molecule has 100 valence electrons. The van der Waals surface area contributed by atoms with E-state index in [1.165, 1.54) is 4.57 Å². The summed E-state index contributed by atoms with van der Waals surface area (Å²) in [5.41, 5.74) is 1.05. The van der Waals surface area contributed by atoms with Crippen LogP contribution in [0.25, 0.3) is 16.6 Å². The van der Waals surface area contributed by atoms with E-state index in [1.54, 1.807) is 24.4 Å². The molecule has 2 aromatic heterocycles. The van der Waals surface area contributed by atoms with E-state index in [0.717, 1.165) is 0 Å². The lowest BCUT2D eigenvalue weighted by atomic mass is 10.2. The summed E-state index contributed by atoms with van der Waals surface area (Å²) < 4.78 is 1.49. The number of hydrogen-bond acceptors (Lipinski definition) is 3. The van der Waals surface area contributed by atoms with Crippen molar-refractivity contribution in [3.63, 3.8) is 0 Å². The highest BCUT2D eigenvalue weighted by Gasteiger charge is 2.14. The van der Waals surface area contributed by atoms with Crippen LogP contribution in [-0.2, 0) is 5.33 Å². The van der Waals surface area contributed by atoms with Crippen LogP contribution in [-0.4, -0.2) is 14.5 Å². The lowest BCUT2D eigenvalue weighted by Gasteiger charge is -2.12. The van der Waals surface area contributed by atoms with Crippen LogP contribution < -0.4 is 5.56 Å². The predicted octanol–water partition coefficient (Wildman–Crippen LogP) is 3.33. The van der Waals surface area contributed by atoms with Crippen molar-refractivity contribution in [2.24, 2.45) is 0 Å². The molecule has 0 radical (unpaired) electrons. The molecule has 0 bridgehead atoms. The van der Waals surface area contributed by atoms with Gasteiger partial charge in [0.15, 0.2) is 5.15 Å². The Balaban J connectivity index is 2.43.